The lowest BCUT2D eigenvalue weighted by molar-refractivity contribution is -0.138. The van der Waals surface area contributed by atoms with E-state index in [1.54, 1.807) is 6.92 Å². The molecule has 1 aliphatic carbocycles. The van der Waals surface area contributed by atoms with E-state index in [0.717, 1.165) is 18.2 Å². The minimum Gasteiger partial charge on any atom is -0.362 e. The van der Waals surface area contributed by atoms with Crippen LogP contribution in [0.1, 0.15) is 43.2 Å². The van der Waals surface area contributed by atoms with Gasteiger partial charge in [-0.05, 0) is 55.7 Å². The number of allylic oxidation sites excluding steroid dienone is 3. The van der Waals surface area contributed by atoms with Gasteiger partial charge in [-0.3, -0.25) is 9.59 Å². The number of carbonyl (C=O) groups excluding carboxylic acids is 2. The molecular formula is C24H20F4N2O2. The fraction of sp³-hybridized carbons (Fsp3) is 0.250. The molecule has 1 aliphatic heterocycles. The number of benzene rings is 2. The molecule has 4 rings (SSSR count). The molecular weight excluding hydrogens is 424 g/mol. The molecule has 2 N–H and O–H groups in total. The number of dihydropyridines is 1. The molecule has 1 atom stereocenters. The van der Waals surface area contributed by atoms with Crippen LogP contribution in [0.25, 0.3) is 0 Å². The third-order valence-electron chi connectivity index (χ3n) is 5.70. The summed E-state index contributed by atoms with van der Waals surface area (Å²) in [5.41, 5.74) is 0.404. The van der Waals surface area contributed by atoms with Gasteiger partial charge in [0.15, 0.2) is 5.78 Å². The molecule has 2 aliphatic rings. The molecule has 2 aromatic rings. The van der Waals surface area contributed by atoms with E-state index in [-0.39, 0.29) is 34.6 Å². The van der Waals surface area contributed by atoms with Crippen molar-refractivity contribution < 1.29 is 27.2 Å². The Morgan fingerprint density at radius 3 is 2.44 bits per heavy atom. The zero-order valence-electron chi connectivity index (χ0n) is 17.1. The molecule has 0 radical (unpaired) electrons. The quantitative estimate of drug-likeness (QED) is 0.619. The van der Waals surface area contributed by atoms with Gasteiger partial charge in [0.1, 0.15) is 5.82 Å². The van der Waals surface area contributed by atoms with Crippen LogP contribution < -0.4 is 10.6 Å². The summed E-state index contributed by atoms with van der Waals surface area (Å²) in [6.07, 6.45) is -3.36. The van der Waals surface area contributed by atoms with E-state index in [2.05, 4.69) is 10.6 Å². The highest BCUT2D eigenvalue weighted by atomic mass is 19.4. The van der Waals surface area contributed by atoms with Crippen LogP contribution in [0.15, 0.2) is 71.1 Å². The Bertz CT molecular complexity index is 1150. The summed E-state index contributed by atoms with van der Waals surface area (Å²) in [5.74, 6) is -2.59. The number of hydrogen-bond donors (Lipinski definition) is 2. The van der Waals surface area contributed by atoms with Crippen LogP contribution in [0.3, 0.4) is 0 Å². The van der Waals surface area contributed by atoms with Gasteiger partial charge in [-0.2, -0.15) is 13.2 Å². The van der Waals surface area contributed by atoms with Crippen LogP contribution in [0, 0.1) is 5.82 Å². The molecule has 32 heavy (non-hydrogen) atoms. The number of hydrogen-bond acceptors (Lipinski definition) is 3. The first kappa shape index (κ1) is 21.8. The summed E-state index contributed by atoms with van der Waals surface area (Å²) in [4.78, 5) is 26.1. The number of alkyl halides is 3. The molecule has 0 unspecified atom stereocenters. The van der Waals surface area contributed by atoms with Gasteiger partial charge in [0.25, 0.3) is 5.91 Å². The molecule has 1 amide bonds. The highest BCUT2D eigenvalue weighted by molar-refractivity contribution is 6.09. The van der Waals surface area contributed by atoms with Crippen LogP contribution in [-0.2, 0) is 15.8 Å². The van der Waals surface area contributed by atoms with Crippen molar-refractivity contribution in [3.63, 3.8) is 0 Å². The molecule has 0 aromatic heterocycles. The number of amides is 1. The lowest BCUT2D eigenvalue weighted by Gasteiger charge is -2.35. The molecule has 166 valence electrons. The predicted octanol–water partition coefficient (Wildman–Crippen LogP) is 5.45. The first-order chi connectivity index (χ1) is 15.2. The Balaban J connectivity index is 1.86. The van der Waals surface area contributed by atoms with E-state index in [4.69, 9.17) is 0 Å². The lowest BCUT2D eigenvalue weighted by atomic mass is 9.73. The normalized spacial score (nSPS) is 18.9. The summed E-state index contributed by atoms with van der Waals surface area (Å²) in [7, 11) is 0. The van der Waals surface area contributed by atoms with Crippen molar-refractivity contribution in [1.29, 1.82) is 0 Å². The van der Waals surface area contributed by atoms with Crippen molar-refractivity contribution >= 4 is 17.4 Å². The van der Waals surface area contributed by atoms with E-state index in [0.29, 0.717) is 24.2 Å². The molecule has 1 heterocycles. The van der Waals surface area contributed by atoms with Gasteiger partial charge in [0.05, 0.1) is 5.56 Å². The second kappa shape index (κ2) is 8.26. The van der Waals surface area contributed by atoms with Gasteiger partial charge in [0, 0.05) is 40.6 Å². The zero-order valence-corrected chi connectivity index (χ0v) is 17.1. The predicted molar refractivity (Wildman–Crippen MR) is 111 cm³/mol. The fourth-order valence-corrected chi connectivity index (χ4v) is 4.33. The zero-order chi connectivity index (χ0) is 23.0. The van der Waals surface area contributed by atoms with Gasteiger partial charge in [-0.1, -0.05) is 18.2 Å². The molecule has 4 nitrogen and oxygen atoms in total. The number of halogens is 4. The number of ketones is 1. The van der Waals surface area contributed by atoms with Crippen LogP contribution in [0.2, 0.25) is 0 Å². The minimum atomic E-state index is -4.66. The van der Waals surface area contributed by atoms with Crippen LogP contribution in [-0.4, -0.2) is 11.7 Å². The molecule has 0 saturated heterocycles. The molecule has 0 spiro atoms. The molecule has 0 bridgehead atoms. The highest BCUT2D eigenvalue weighted by Gasteiger charge is 2.43. The van der Waals surface area contributed by atoms with E-state index < -0.39 is 29.4 Å². The maximum atomic E-state index is 13.9. The molecule has 0 saturated carbocycles. The largest absolute Gasteiger partial charge is 0.416 e. The van der Waals surface area contributed by atoms with Crippen molar-refractivity contribution in [1.82, 2.24) is 5.32 Å². The minimum absolute atomic E-state index is 0.0278. The maximum Gasteiger partial charge on any atom is 0.416 e. The topological polar surface area (TPSA) is 58.2 Å². The highest BCUT2D eigenvalue weighted by Crippen LogP contribution is 2.46. The smallest absolute Gasteiger partial charge is 0.362 e. The first-order valence-corrected chi connectivity index (χ1v) is 10.1. The second-order valence-corrected chi connectivity index (χ2v) is 7.81. The fourth-order valence-electron chi connectivity index (χ4n) is 4.33. The van der Waals surface area contributed by atoms with Crippen LogP contribution in [0.5, 0.6) is 0 Å². The van der Waals surface area contributed by atoms with Crippen molar-refractivity contribution in [3.8, 4) is 0 Å². The Morgan fingerprint density at radius 2 is 1.75 bits per heavy atom. The standard InChI is InChI=1S/C24H20F4N2O2/c1-13-20(23(32)30-15-11-9-14(25)10-12-15)21(22-18(29-13)7-4-8-19(22)31)16-5-2-3-6-17(16)24(26,27)28/h2-3,5-6,9-12,21,29H,4,7-8H2,1H3,(H,30,32)/t21-/m0/s1. The van der Waals surface area contributed by atoms with Crippen molar-refractivity contribution in [2.24, 2.45) is 0 Å². The van der Waals surface area contributed by atoms with Gasteiger partial charge in [-0.15, -0.1) is 0 Å². The summed E-state index contributed by atoms with van der Waals surface area (Å²) in [6.45, 7) is 1.60. The maximum absolute atomic E-state index is 13.9. The van der Waals surface area contributed by atoms with Gasteiger partial charge in [0.2, 0.25) is 0 Å². The third kappa shape index (κ3) is 4.04. The Labute approximate surface area is 182 Å². The molecule has 0 fully saturated rings. The average Bonchev–Trinajstić information content (AvgIpc) is 2.74. The average molecular weight is 444 g/mol. The Morgan fingerprint density at radius 1 is 1.06 bits per heavy atom. The Kier molecular flexibility index (Phi) is 5.62. The van der Waals surface area contributed by atoms with Gasteiger partial charge < -0.3 is 10.6 Å². The number of rotatable bonds is 3. The summed E-state index contributed by atoms with van der Waals surface area (Å²) >= 11 is 0. The van der Waals surface area contributed by atoms with Crippen molar-refractivity contribution in [3.05, 3.63) is 88.0 Å². The second-order valence-electron chi connectivity index (χ2n) is 7.81. The van der Waals surface area contributed by atoms with Crippen molar-refractivity contribution in [2.75, 3.05) is 5.32 Å². The summed E-state index contributed by atoms with van der Waals surface area (Å²) < 4.78 is 54.8. The summed E-state index contributed by atoms with van der Waals surface area (Å²) in [5, 5.41) is 5.69. The number of anilines is 1. The number of carbonyl (C=O) groups is 2. The van der Waals surface area contributed by atoms with Crippen LogP contribution >= 0.6 is 0 Å². The number of nitrogens with one attached hydrogen (secondary N) is 2. The lowest BCUT2D eigenvalue weighted by Crippen LogP contribution is -2.36. The van der Waals surface area contributed by atoms with E-state index >= 15 is 0 Å². The van der Waals surface area contributed by atoms with Gasteiger partial charge in [-0.25, -0.2) is 4.39 Å². The van der Waals surface area contributed by atoms with E-state index in [1.165, 1.54) is 30.3 Å². The molecule has 8 heteroatoms. The molecule has 2 aromatic carbocycles. The van der Waals surface area contributed by atoms with Gasteiger partial charge >= 0.3 is 6.18 Å². The van der Waals surface area contributed by atoms with E-state index in [1.807, 2.05) is 0 Å². The monoisotopic (exact) mass is 444 g/mol. The summed E-state index contributed by atoms with van der Waals surface area (Å²) in [6, 6.07) is 10.0. The number of Topliss-reactive ketones (excluding diaryl/α,β-unsaturated/α-hetero) is 1. The van der Waals surface area contributed by atoms with Crippen molar-refractivity contribution in [2.45, 2.75) is 38.3 Å². The first-order valence-electron chi connectivity index (χ1n) is 10.1. The van der Waals surface area contributed by atoms with Crippen LogP contribution in [0.4, 0.5) is 23.2 Å². The SMILES string of the molecule is CC1=C(C(=O)Nc2ccc(F)cc2)[C@H](c2ccccc2C(F)(F)F)C2=C(CCCC2=O)N1. The van der Waals surface area contributed by atoms with E-state index in [9.17, 15) is 27.2 Å². The third-order valence-corrected chi connectivity index (χ3v) is 5.70. The Hall–Kier alpha value is -3.42.